The zero-order valence-electron chi connectivity index (χ0n) is 16.2. The van der Waals surface area contributed by atoms with E-state index in [1.165, 1.54) is 0 Å². The summed E-state index contributed by atoms with van der Waals surface area (Å²) in [6.07, 6.45) is 1.67. The number of benzene rings is 1. The summed E-state index contributed by atoms with van der Waals surface area (Å²) in [4.78, 5) is 36.0. The van der Waals surface area contributed by atoms with E-state index in [0.29, 0.717) is 23.5 Å². The number of carbonyl (C=O) groups is 3. The second-order valence-corrected chi connectivity index (χ2v) is 8.30. The van der Waals surface area contributed by atoms with Gasteiger partial charge in [0.15, 0.2) is 17.2 Å². The van der Waals surface area contributed by atoms with Gasteiger partial charge in [-0.05, 0) is 30.5 Å². The van der Waals surface area contributed by atoms with Crippen molar-refractivity contribution in [3.63, 3.8) is 0 Å². The number of aromatic carboxylic acids is 1. The summed E-state index contributed by atoms with van der Waals surface area (Å²) < 4.78 is 5.12. The molecule has 30 heavy (non-hydrogen) atoms. The van der Waals surface area contributed by atoms with E-state index >= 15 is 0 Å². The van der Waals surface area contributed by atoms with E-state index in [0.717, 1.165) is 29.9 Å². The number of anilines is 1. The van der Waals surface area contributed by atoms with E-state index in [1.807, 2.05) is 23.1 Å². The maximum absolute atomic E-state index is 11.6. The van der Waals surface area contributed by atoms with E-state index in [2.05, 4.69) is 5.32 Å². The standard InChI is InChI=1S/C20H21ClN2O6S/c1-11(24)23-7-5-13(6-8-23)22-14-4-2-3-12(9-14)18-16(21)17(29-10-15(25)26)19(30-18)20(27)28/h2-4,9,13,22H,5-8,10H2,1H3,(H,25,26)(H,27,28). The van der Waals surface area contributed by atoms with Crippen LogP contribution in [0.15, 0.2) is 24.3 Å². The molecule has 0 saturated carbocycles. The highest BCUT2D eigenvalue weighted by atomic mass is 35.5. The number of aliphatic carboxylic acids is 1. The lowest BCUT2D eigenvalue weighted by Gasteiger charge is -2.32. The fourth-order valence-corrected chi connectivity index (χ4v) is 4.71. The first-order valence-corrected chi connectivity index (χ1v) is 10.5. The molecule has 3 N–H and O–H groups in total. The molecular formula is C20H21ClN2O6S. The van der Waals surface area contributed by atoms with E-state index in [-0.39, 0.29) is 27.6 Å². The van der Waals surface area contributed by atoms with Gasteiger partial charge >= 0.3 is 11.9 Å². The molecule has 2 aromatic rings. The van der Waals surface area contributed by atoms with Gasteiger partial charge in [0.1, 0.15) is 5.02 Å². The van der Waals surface area contributed by atoms with Crippen LogP contribution in [0.25, 0.3) is 10.4 Å². The van der Waals surface area contributed by atoms with Crippen molar-refractivity contribution in [1.82, 2.24) is 4.90 Å². The van der Waals surface area contributed by atoms with Gasteiger partial charge in [-0.1, -0.05) is 23.7 Å². The molecule has 1 aliphatic rings. The molecule has 0 radical (unpaired) electrons. The minimum absolute atomic E-state index is 0.0746. The summed E-state index contributed by atoms with van der Waals surface area (Å²) in [6, 6.07) is 7.62. The molecule has 1 saturated heterocycles. The molecule has 0 unspecified atom stereocenters. The summed E-state index contributed by atoms with van der Waals surface area (Å²) in [5.41, 5.74) is 1.55. The number of halogens is 1. The van der Waals surface area contributed by atoms with Gasteiger partial charge in [-0.2, -0.15) is 0 Å². The van der Waals surface area contributed by atoms with Gasteiger partial charge in [-0.25, -0.2) is 9.59 Å². The zero-order valence-corrected chi connectivity index (χ0v) is 17.8. The van der Waals surface area contributed by atoms with Crippen LogP contribution in [0, 0.1) is 0 Å². The molecule has 3 rings (SSSR count). The molecule has 10 heteroatoms. The van der Waals surface area contributed by atoms with E-state index < -0.39 is 18.5 Å². The number of carbonyl (C=O) groups excluding carboxylic acids is 1. The van der Waals surface area contributed by atoms with Gasteiger partial charge in [-0.15, -0.1) is 11.3 Å². The number of nitrogens with zero attached hydrogens (tertiary/aromatic N) is 1. The molecule has 2 heterocycles. The zero-order chi connectivity index (χ0) is 21.8. The molecule has 8 nitrogen and oxygen atoms in total. The van der Waals surface area contributed by atoms with Gasteiger partial charge < -0.3 is 25.2 Å². The molecule has 1 aromatic carbocycles. The predicted molar refractivity (Wildman–Crippen MR) is 114 cm³/mol. The Labute approximate surface area is 182 Å². The van der Waals surface area contributed by atoms with Crippen molar-refractivity contribution in [3.8, 4) is 16.2 Å². The Morgan fingerprint density at radius 2 is 1.97 bits per heavy atom. The van der Waals surface area contributed by atoms with Crippen LogP contribution < -0.4 is 10.1 Å². The first-order chi connectivity index (χ1) is 14.3. The van der Waals surface area contributed by atoms with Crippen LogP contribution in [0.2, 0.25) is 5.02 Å². The van der Waals surface area contributed by atoms with Crippen LogP contribution in [0.5, 0.6) is 5.75 Å². The third kappa shape index (κ3) is 5.03. The molecule has 1 amide bonds. The van der Waals surface area contributed by atoms with Crippen molar-refractivity contribution in [2.75, 3.05) is 25.0 Å². The Balaban J connectivity index is 1.80. The number of thiophene rings is 1. The number of hydrogen-bond acceptors (Lipinski definition) is 6. The Morgan fingerprint density at radius 3 is 2.57 bits per heavy atom. The number of nitrogens with one attached hydrogen (secondary N) is 1. The lowest BCUT2D eigenvalue weighted by molar-refractivity contribution is -0.139. The molecule has 1 aliphatic heterocycles. The smallest absolute Gasteiger partial charge is 0.349 e. The first kappa shape index (κ1) is 21.9. The fraction of sp³-hybridized carbons (Fsp3) is 0.350. The van der Waals surface area contributed by atoms with Gasteiger partial charge in [-0.3, -0.25) is 4.79 Å². The number of amides is 1. The molecule has 0 bridgehead atoms. The maximum Gasteiger partial charge on any atom is 0.349 e. The van der Waals surface area contributed by atoms with Crippen molar-refractivity contribution in [1.29, 1.82) is 0 Å². The number of rotatable bonds is 7. The fourth-order valence-electron chi connectivity index (χ4n) is 3.31. The number of hydrogen-bond donors (Lipinski definition) is 3. The normalized spacial score (nSPS) is 14.4. The number of likely N-dealkylation sites (tertiary alicyclic amines) is 1. The van der Waals surface area contributed by atoms with E-state index in [1.54, 1.807) is 13.0 Å². The molecule has 1 aromatic heterocycles. The van der Waals surface area contributed by atoms with Gasteiger partial charge in [0.2, 0.25) is 5.91 Å². The highest BCUT2D eigenvalue weighted by Crippen LogP contribution is 2.45. The largest absolute Gasteiger partial charge is 0.479 e. The number of carboxylic acids is 2. The molecule has 1 fully saturated rings. The van der Waals surface area contributed by atoms with Crippen molar-refractivity contribution in [3.05, 3.63) is 34.2 Å². The minimum atomic E-state index is -1.24. The lowest BCUT2D eigenvalue weighted by atomic mass is 10.0. The summed E-state index contributed by atoms with van der Waals surface area (Å²) in [5.74, 6) is -2.52. The molecule has 160 valence electrons. The van der Waals surface area contributed by atoms with Crippen LogP contribution in [0.1, 0.15) is 29.4 Å². The average Bonchev–Trinajstić information content (AvgIpc) is 3.03. The number of ether oxygens (including phenoxy) is 1. The summed E-state index contributed by atoms with van der Waals surface area (Å²) >= 11 is 7.29. The van der Waals surface area contributed by atoms with E-state index in [4.69, 9.17) is 21.4 Å². The average molecular weight is 453 g/mol. The summed E-state index contributed by atoms with van der Waals surface area (Å²) in [6.45, 7) is 2.30. The topological polar surface area (TPSA) is 116 Å². The summed E-state index contributed by atoms with van der Waals surface area (Å²) in [7, 11) is 0. The van der Waals surface area contributed by atoms with Gasteiger partial charge in [0.25, 0.3) is 0 Å². The molecule has 0 aliphatic carbocycles. The summed E-state index contributed by atoms with van der Waals surface area (Å²) in [5, 5.41) is 21.8. The highest BCUT2D eigenvalue weighted by Gasteiger charge is 2.25. The number of piperidine rings is 1. The van der Waals surface area contributed by atoms with Crippen LogP contribution in [-0.4, -0.2) is 58.7 Å². The first-order valence-electron chi connectivity index (χ1n) is 9.29. The van der Waals surface area contributed by atoms with Crippen molar-refractivity contribution in [2.45, 2.75) is 25.8 Å². The highest BCUT2D eigenvalue weighted by molar-refractivity contribution is 7.18. The van der Waals surface area contributed by atoms with Crippen molar-refractivity contribution in [2.24, 2.45) is 0 Å². The van der Waals surface area contributed by atoms with Crippen molar-refractivity contribution < 1.29 is 29.3 Å². The second-order valence-electron chi connectivity index (χ2n) is 6.90. The minimum Gasteiger partial charge on any atom is -0.479 e. The third-order valence-corrected chi connectivity index (χ3v) is 6.46. The van der Waals surface area contributed by atoms with Crippen LogP contribution >= 0.6 is 22.9 Å². The Bertz CT molecular complexity index is 968. The molecular weight excluding hydrogens is 432 g/mol. The third-order valence-electron chi connectivity index (χ3n) is 4.78. The number of carboxylic acid groups (broad SMARTS) is 2. The Kier molecular flexibility index (Phi) is 6.84. The quantitative estimate of drug-likeness (QED) is 0.587. The second kappa shape index (κ2) is 9.36. The predicted octanol–water partition coefficient (Wildman–Crippen LogP) is 3.65. The van der Waals surface area contributed by atoms with Crippen molar-refractivity contribution >= 4 is 46.5 Å². The van der Waals surface area contributed by atoms with Gasteiger partial charge in [0, 0.05) is 31.7 Å². The van der Waals surface area contributed by atoms with E-state index in [9.17, 15) is 19.5 Å². The van der Waals surface area contributed by atoms with Crippen LogP contribution in [-0.2, 0) is 9.59 Å². The monoisotopic (exact) mass is 452 g/mol. The Morgan fingerprint density at radius 1 is 1.27 bits per heavy atom. The van der Waals surface area contributed by atoms with Gasteiger partial charge in [0.05, 0.1) is 4.88 Å². The Hall–Kier alpha value is -2.78. The lowest BCUT2D eigenvalue weighted by Crippen LogP contribution is -2.41. The maximum atomic E-state index is 11.6. The SMILES string of the molecule is CC(=O)N1CCC(Nc2cccc(-c3sc(C(=O)O)c(OCC(=O)O)c3Cl)c2)CC1. The molecule has 0 atom stereocenters. The molecule has 0 spiro atoms. The van der Waals surface area contributed by atoms with Crippen LogP contribution in [0.4, 0.5) is 5.69 Å². The van der Waals surface area contributed by atoms with Crippen LogP contribution in [0.3, 0.4) is 0 Å².